The van der Waals surface area contributed by atoms with Crippen LogP contribution in [0.25, 0.3) is 0 Å². The second-order valence-electron chi connectivity index (χ2n) is 5.01. The Labute approximate surface area is 138 Å². The highest BCUT2D eigenvalue weighted by molar-refractivity contribution is 9.10. The van der Waals surface area contributed by atoms with Gasteiger partial charge < -0.3 is 5.73 Å². The number of Topliss-reactive ketones (excluding diaryl/α,β-unsaturated/α-hetero) is 1. The molecule has 0 aromatic heterocycles. The maximum absolute atomic E-state index is 12.1. The maximum Gasteiger partial charge on any atom is 0.137 e. The van der Waals surface area contributed by atoms with E-state index < -0.39 is 0 Å². The highest BCUT2D eigenvalue weighted by atomic mass is 79.9. The molecule has 0 radical (unpaired) electrons. The summed E-state index contributed by atoms with van der Waals surface area (Å²) in [6.07, 6.45) is 1.47. The van der Waals surface area contributed by atoms with Crippen molar-refractivity contribution in [2.24, 2.45) is 5.73 Å². The molecule has 4 heteroatoms. The van der Waals surface area contributed by atoms with Crippen molar-refractivity contribution in [2.45, 2.75) is 25.3 Å². The van der Waals surface area contributed by atoms with Crippen LogP contribution in [0.4, 0.5) is 0 Å². The Balaban J connectivity index is 1.87. The Hall–Kier alpha value is -1.16. The Morgan fingerprint density at radius 2 is 1.90 bits per heavy atom. The van der Waals surface area contributed by atoms with Gasteiger partial charge in [-0.3, -0.25) is 4.79 Å². The van der Waals surface area contributed by atoms with Crippen molar-refractivity contribution in [1.29, 1.82) is 0 Å². The largest absolute Gasteiger partial charge is 0.324 e. The molecule has 0 aliphatic heterocycles. The average molecular weight is 367 g/mol. The van der Waals surface area contributed by atoms with E-state index in [1.54, 1.807) is 6.07 Å². The molecule has 2 N–H and O–H groups in total. The molecule has 1 unspecified atom stereocenters. The lowest BCUT2D eigenvalue weighted by Crippen LogP contribution is -2.13. The molecule has 1 atom stereocenters. The van der Waals surface area contributed by atoms with Crippen molar-refractivity contribution in [2.75, 3.05) is 0 Å². The second kappa shape index (κ2) is 7.74. The summed E-state index contributed by atoms with van der Waals surface area (Å²) in [6, 6.07) is 15.3. The van der Waals surface area contributed by atoms with Crippen LogP contribution in [0.1, 0.15) is 30.0 Å². The summed E-state index contributed by atoms with van der Waals surface area (Å²) in [5, 5.41) is 0.616. The van der Waals surface area contributed by atoms with Gasteiger partial charge in [0, 0.05) is 28.4 Å². The van der Waals surface area contributed by atoms with Gasteiger partial charge in [-0.25, -0.2) is 0 Å². The van der Waals surface area contributed by atoms with E-state index in [1.165, 1.54) is 0 Å². The quantitative estimate of drug-likeness (QED) is 0.805. The Morgan fingerprint density at radius 1 is 1.19 bits per heavy atom. The van der Waals surface area contributed by atoms with Crippen LogP contribution < -0.4 is 5.73 Å². The van der Waals surface area contributed by atoms with Crippen LogP contribution in [0.15, 0.2) is 53.0 Å². The number of halogens is 2. The van der Waals surface area contributed by atoms with E-state index in [9.17, 15) is 4.79 Å². The minimum Gasteiger partial charge on any atom is -0.324 e. The van der Waals surface area contributed by atoms with Crippen molar-refractivity contribution >= 4 is 33.3 Å². The molecule has 0 aliphatic carbocycles. The lowest BCUT2D eigenvalue weighted by Gasteiger charge is -2.11. The smallest absolute Gasteiger partial charge is 0.137 e. The van der Waals surface area contributed by atoms with Gasteiger partial charge in [0.15, 0.2) is 0 Å². The van der Waals surface area contributed by atoms with E-state index in [2.05, 4.69) is 15.9 Å². The molecule has 2 rings (SSSR count). The standard InChI is InChI=1S/C17H17BrClNO/c18-14-7-6-13(16(19)11-14)10-15(21)8-9-17(20)12-4-2-1-3-5-12/h1-7,11,17H,8-10,20H2. The van der Waals surface area contributed by atoms with Gasteiger partial charge in [-0.1, -0.05) is 63.9 Å². The minimum absolute atomic E-state index is 0.101. The SMILES string of the molecule is NC(CCC(=O)Cc1ccc(Br)cc1Cl)c1ccccc1. The van der Waals surface area contributed by atoms with Gasteiger partial charge in [-0.05, 0) is 29.7 Å². The van der Waals surface area contributed by atoms with Crippen LogP contribution in [-0.4, -0.2) is 5.78 Å². The van der Waals surface area contributed by atoms with Crippen molar-refractivity contribution in [3.63, 3.8) is 0 Å². The van der Waals surface area contributed by atoms with Gasteiger partial charge in [0.2, 0.25) is 0 Å². The highest BCUT2D eigenvalue weighted by Gasteiger charge is 2.11. The van der Waals surface area contributed by atoms with Crippen molar-refractivity contribution in [3.8, 4) is 0 Å². The van der Waals surface area contributed by atoms with Gasteiger partial charge in [-0.15, -0.1) is 0 Å². The van der Waals surface area contributed by atoms with Crippen LogP contribution in [-0.2, 0) is 11.2 Å². The van der Waals surface area contributed by atoms with Gasteiger partial charge in [0.25, 0.3) is 0 Å². The van der Waals surface area contributed by atoms with Crippen LogP contribution in [0.3, 0.4) is 0 Å². The molecule has 0 spiro atoms. The summed E-state index contributed by atoms with van der Waals surface area (Å²) in [4.78, 5) is 12.1. The monoisotopic (exact) mass is 365 g/mol. The number of nitrogens with two attached hydrogens (primary N) is 1. The Kier molecular flexibility index (Phi) is 5.97. The summed E-state index contributed by atoms with van der Waals surface area (Å²) in [5.74, 6) is 0.158. The fraction of sp³-hybridized carbons (Fsp3) is 0.235. The first-order valence-electron chi connectivity index (χ1n) is 6.82. The molecule has 0 saturated carbocycles. The molecule has 2 aromatic rings. The Bertz CT molecular complexity index is 615. The third-order valence-corrected chi connectivity index (χ3v) is 4.21. The van der Waals surface area contributed by atoms with Crippen LogP contribution >= 0.6 is 27.5 Å². The molecular formula is C17H17BrClNO. The number of rotatable bonds is 6. The Morgan fingerprint density at radius 3 is 2.57 bits per heavy atom. The highest BCUT2D eigenvalue weighted by Crippen LogP contribution is 2.23. The number of carbonyl (C=O) groups excluding carboxylic acids is 1. The molecule has 0 bridgehead atoms. The molecule has 0 amide bonds. The maximum atomic E-state index is 12.1. The number of hydrogen-bond acceptors (Lipinski definition) is 2. The normalized spacial score (nSPS) is 12.1. The summed E-state index contributed by atoms with van der Waals surface area (Å²) in [6.45, 7) is 0. The zero-order valence-electron chi connectivity index (χ0n) is 11.6. The van der Waals surface area contributed by atoms with Crippen molar-refractivity contribution < 1.29 is 4.79 Å². The zero-order valence-corrected chi connectivity index (χ0v) is 13.9. The minimum atomic E-state index is -0.101. The number of carbonyl (C=O) groups is 1. The van der Waals surface area contributed by atoms with Crippen LogP contribution in [0.2, 0.25) is 5.02 Å². The van der Waals surface area contributed by atoms with E-state index >= 15 is 0 Å². The molecule has 0 fully saturated rings. The van der Waals surface area contributed by atoms with Gasteiger partial charge in [-0.2, -0.15) is 0 Å². The van der Waals surface area contributed by atoms with Gasteiger partial charge in [0.1, 0.15) is 5.78 Å². The second-order valence-corrected chi connectivity index (χ2v) is 6.33. The predicted octanol–water partition coefficient (Wildman–Crippen LogP) is 4.69. The van der Waals surface area contributed by atoms with E-state index in [-0.39, 0.29) is 11.8 Å². The first-order chi connectivity index (χ1) is 10.1. The summed E-state index contributed by atoms with van der Waals surface area (Å²) in [7, 11) is 0. The van der Waals surface area contributed by atoms with Crippen LogP contribution in [0.5, 0.6) is 0 Å². The molecule has 2 aromatic carbocycles. The first kappa shape index (κ1) is 16.2. The van der Waals surface area contributed by atoms with E-state index in [0.717, 1.165) is 15.6 Å². The molecule has 2 nitrogen and oxygen atoms in total. The lowest BCUT2D eigenvalue weighted by atomic mass is 9.99. The summed E-state index contributed by atoms with van der Waals surface area (Å²) in [5.41, 5.74) is 8.02. The predicted molar refractivity (Wildman–Crippen MR) is 90.5 cm³/mol. The molecule has 0 saturated heterocycles. The fourth-order valence-corrected chi connectivity index (χ4v) is 2.89. The van der Waals surface area contributed by atoms with E-state index in [4.69, 9.17) is 17.3 Å². The number of ketones is 1. The topological polar surface area (TPSA) is 43.1 Å². The number of benzene rings is 2. The van der Waals surface area contributed by atoms with E-state index in [0.29, 0.717) is 24.3 Å². The third kappa shape index (κ3) is 4.95. The molecule has 0 aliphatic rings. The zero-order chi connectivity index (χ0) is 15.2. The van der Waals surface area contributed by atoms with E-state index in [1.807, 2.05) is 42.5 Å². The molecular weight excluding hydrogens is 350 g/mol. The summed E-state index contributed by atoms with van der Waals surface area (Å²) < 4.78 is 0.912. The fourth-order valence-electron chi connectivity index (χ4n) is 2.15. The molecule has 110 valence electrons. The van der Waals surface area contributed by atoms with Crippen molar-refractivity contribution in [3.05, 3.63) is 69.2 Å². The average Bonchev–Trinajstić information content (AvgIpc) is 2.48. The lowest BCUT2D eigenvalue weighted by molar-refractivity contribution is -0.118. The third-order valence-electron chi connectivity index (χ3n) is 3.36. The van der Waals surface area contributed by atoms with Crippen LogP contribution in [0, 0.1) is 0 Å². The molecule has 21 heavy (non-hydrogen) atoms. The number of hydrogen-bond donors (Lipinski definition) is 1. The van der Waals surface area contributed by atoms with Gasteiger partial charge in [0.05, 0.1) is 0 Å². The van der Waals surface area contributed by atoms with Gasteiger partial charge >= 0.3 is 0 Å². The van der Waals surface area contributed by atoms with Crippen molar-refractivity contribution in [1.82, 2.24) is 0 Å². The molecule has 0 heterocycles. The first-order valence-corrected chi connectivity index (χ1v) is 7.99. The summed E-state index contributed by atoms with van der Waals surface area (Å²) >= 11 is 9.48.